The standard InChI is InChI=1S/C20H17BrN2O3/c21-18(12-16-4-2-1-3-5-16)13-22-14-19(24)17-9-6-15(7-10-17)8-11-20(25)23-26/h1-13,26H,14H2,(H,23,25)/b11-8+,18-12-,22-13?. The second-order valence-electron chi connectivity index (χ2n) is 5.26. The SMILES string of the molecule is O=C(/C=C/c1ccc(C(=O)CN=C/C(Br)=C/c2ccccc2)cc1)NO. The fraction of sp³-hybridized carbons (Fsp3) is 0.0500. The predicted octanol–water partition coefficient (Wildman–Crippen LogP) is 3.89. The van der Waals surface area contributed by atoms with E-state index in [1.165, 1.54) is 17.6 Å². The molecular weight excluding hydrogens is 396 g/mol. The minimum absolute atomic E-state index is 0.0415. The summed E-state index contributed by atoms with van der Waals surface area (Å²) < 4.78 is 0.777. The molecule has 0 aliphatic rings. The molecule has 5 nitrogen and oxygen atoms in total. The molecule has 0 unspecified atom stereocenters. The van der Waals surface area contributed by atoms with Crippen molar-refractivity contribution >= 4 is 46.0 Å². The van der Waals surface area contributed by atoms with Gasteiger partial charge in [0.2, 0.25) is 0 Å². The van der Waals surface area contributed by atoms with Gasteiger partial charge in [0.15, 0.2) is 5.78 Å². The lowest BCUT2D eigenvalue weighted by Crippen LogP contribution is -2.14. The van der Waals surface area contributed by atoms with Crippen molar-refractivity contribution in [3.63, 3.8) is 0 Å². The van der Waals surface area contributed by atoms with E-state index in [4.69, 9.17) is 5.21 Å². The predicted molar refractivity (Wildman–Crippen MR) is 106 cm³/mol. The molecule has 0 saturated heterocycles. The van der Waals surface area contributed by atoms with E-state index >= 15 is 0 Å². The molecule has 2 rings (SSSR count). The van der Waals surface area contributed by atoms with E-state index in [0.29, 0.717) is 5.56 Å². The summed E-state index contributed by atoms with van der Waals surface area (Å²) in [5.41, 5.74) is 3.82. The Labute approximate surface area is 159 Å². The highest BCUT2D eigenvalue weighted by Crippen LogP contribution is 2.11. The molecule has 0 atom stereocenters. The molecule has 0 radical (unpaired) electrons. The maximum absolute atomic E-state index is 12.1. The van der Waals surface area contributed by atoms with Crippen LogP contribution in [0.15, 0.2) is 70.1 Å². The van der Waals surface area contributed by atoms with E-state index < -0.39 is 5.91 Å². The average Bonchev–Trinajstić information content (AvgIpc) is 2.67. The Hall–Kier alpha value is -2.83. The number of amides is 1. The molecule has 2 N–H and O–H groups in total. The molecule has 0 bridgehead atoms. The highest BCUT2D eigenvalue weighted by Gasteiger charge is 2.04. The minimum Gasteiger partial charge on any atom is -0.292 e. The summed E-state index contributed by atoms with van der Waals surface area (Å²) in [7, 11) is 0. The van der Waals surface area contributed by atoms with Crippen LogP contribution >= 0.6 is 15.9 Å². The number of nitrogens with zero attached hydrogens (tertiary/aromatic N) is 1. The van der Waals surface area contributed by atoms with Gasteiger partial charge in [0.25, 0.3) is 5.91 Å². The van der Waals surface area contributed by atoms with Crippen LogP contribution in [0.5, 0.6) is 0 Å². The highest BCUT2D eigenvalue weighted by molar-refractivity contribution is 9.12. The van der Waals surface area contributed by atoms with Gasteiger partial charge >= 0.3 is 0 Å². The van der Waals surface area contributed by atoms with Crippen molar-refractivity contribution in [1.82, 2.24) is 5.48 Å². The zero-order valence-electron chi connectivity index (χ0n) is 13.8. The molecule has 6 heteroatoms. The second-order valence-corrected chi connectivity index (χ2v) is 6.18. The third-order valence-electron chi connectivity index (χ3n) is 3.32. The number of nitrogens with one attached hydrogen (secondary N) is 1. The zero-order valence-corrected chi connectivity index (χ0v) is 15.4. The second kappa shape index (κ2) is 10.2. The Morgan fingerprint density at radius 2 is 1.73 bits per heavy atom. The van der Waals surface area contributed by atoms with Gasteiger partial charge in [-0.25, -0.2) is 5.48 Å². The van der Waals surface area contributed by atoms with Crippen molar-refractivity contribution in [1.29, 1.82) is 0 Å². The van der Waals surface area contributed by atoms with Gasteiger partial charge in [-0.15, -0.1) is 0 Å². The summed E-state index contributed by atoms with van der Waals surface area (Å²) >= 11 is 3.41. The number of aliphatic imine (C=N–C) groups is 1. The van der Waals surface area contributed by atoms with E-state index in [0.717, 1.165) is 15.6 Å². The van der Waals surface area contributed by atoms with Crippen molar-refractivity contribution in [2.75, 3.05) is 6.54 Å². The fourth-order valence-corrected chi connectivity index (χ4v) is 2.45. The summed E-state index contributed by atoms with van der Waals surface area (Å²) in [6.45, 7) is 0.0415. The number of hydrogen-bond acceptors (Lipinski definition) is 4. The van der Waals surface area contributed by atoms with Crippen molar-refractivity contribution in [2.24, 2.45) is 4.99 Å². The van der Waals surface area contributed by atoms with Crippen LogP contribution in [-0.4, -0.2) is 29.7 Å². The highest BCUT2D eigenvalue weighted by atomic mass is 79.9. The van der Waals surface area contributed by atoms with Crippen LogP contribution < -0.4 is 5.48 Å². The summed E-state index contributed by atoms with van der Waals surface area (Å²) in [4.78, 5) is 27.2. The topological polar surface area (TPSA) is 78.8 Å². The van der Waals surface area contributed by atoms with Gasteiger partial charge in [-0.05, 0) is 39.2 Å². The van der Waals surface area contributed by atoms with Gasteiger partial charge in [0.1, 0.15) is 6.54 Å². The van der Waals surface area contributed by atoms with Gasteiger partial charge in [-0.3, -0.25) is 19.8 Å². The molecule has 0 fully saturated rings. The van der Waals surface area contributed by atoms with Crippen LogP contribution in [0.2, 0.25) is 0 Å². The van der Waals surface area contributed by atoms with Gasteiger partial charge in [-0.1, -0.05) is 54.6 Å². The van der Waals surface area contributed by atoms with Crippen LogP contribution in [0.3, 0.4) is 0 Å². The lowest BCUT2D eigenvalue weighted by atomic mass is 10.1. The number of hydroxylamine groups is 1. The van der Waals surface area contributed by atoms with Crippen molar-refractivity contribution in [3.05, 3.63) is 81.8 Å². The first-order valence-electron chi connectivity index (χ1n) is 7.76. The molecule has 1 amide bonds. The van der Waals surface area contributed by atoms with Crippen LogP contribution in [-0.2, 0) is 4.79 Å². The summed E-state index contributed by atoms with van der Waals surface area (Å²) in [5, 5.41) is 8.42. The molecule has 26 heavy (non-hydrogen) atoms. The van der Waals surface area contributed by atoms with Crippen LogP contribution in [0.25, 0.3) is 12.2 Å². The molecule has 0 spiro atoms. The van der Waals surface area contributed by atoms with Gasteiger partial charge in [0, 0.05) is 22.3 Å². The van der Waals surface area contributed by atoms with Crippen molar-refractivity contribution in [3.8, 4) is 0 Å². The lowest BCUT2D eigenvalue weighted by molar-refractivity contribution is -0.124. The molecule has 0 aromatic heterocycles. The fourth-order valence-electron chi connectivity index (χ4n) is 2.04. The first-order valence-corrected chi connectivity index (χ1v) is 8.55. The number of allylic oxidation sites excluding steroid dienone is 1. The maximum atomic E-state index is 12.1. The number of carbonyl (C=O) groups excluding carboxylic acids is 2. The summed E-state index contributed by atoms with van der Waals surface area (Å²) in [6.07, 6.45) is 6.24. The molecule has 0 aliphatic heterocycles. The number of halogens is 1. The van der Waals surface area contributed by atoms with Gasteiger partial charge in [-0.2, -0.15) is 0 Å². The first kappa shape index (κ1) is 19.5. The van der Waals surface area contributed by atoms with E-state index in [1.54, 1.807) is 30.5 Å². The maximum Gasteiger partial charge on any atom is 0.267 e. The number of benzene rings is 2. The number of ketones is 1. The lowest BCUT2D eigenvalue weighted by Gasteiger charge is -1.99. The summed E-state index contributed by atoms with van der Waals surface area (Å²) in [5.74, 6) is -0.724. The average molecular weight is 413 g/mol. The third kappa shape index (κ3) is 6.58. The molecule has 0 saturated carbocycles. The molecular formula is C20H17BrN2O3. The molecule has 2 aromatic rings. The van der Waals surface area contributed by atoms with Crippen LogP contribution in [0.4, 0.5) is 0 Å². The number of carbonyl (C=O) groups is 2. The van der Waals surface area contributed by atoms with E-state index in [1.807, 2.05) is 36.4 Å². The Bertz CT molecular complexity index is 841. The van der Waals surface area contributed by atoms with Crippen LogP contribution in [0.1, 0.15) is 21.5 Å². The quantitative estimate of drug-likeness (QED) is 0.238. The van der Waals surface area contributed by atoms with E-state index in [-0.39, 0.29) is 12.3 Å². The monoisotopic (exact) mass is 412 g/mol. The normalized spacial score (nSPS) is 11.8. The van der Waals surface area contributed by atoms with Gasteiger partial charge < -0.3 is 0 Å². The third-order valence-corrected chi connectivity index (χ3v) is 3.76. The number of Topliss-reactive ketones (excluding diaryl/α,β-unsaturated/α-hetero) is 1. The Balaban J connectivity index is 1.92. The number of rotatable bonds is 7. The first-order chi connectivity index (χ1) is 12.6. The Morgan fingerprint density at radius 1 is 1.04 bits per heavy atom. The molecule has 0 aliphatic carbocycles. The van der Waals surface area contributed by atoms with Crippen molar-refractivity contribution < 1.29 is 14.8 Å². The van der Waals surface area contributed by atoms with Crippen LogP contribution in [0, 0.1) is 0 Å². The zero-order chi connectivity index (χ0) is 18.8. The molecule has 0 heterocycles. The van der Waals surface area contributed by atoms with E-state index in [2.05, 4.69) is 20.9 Å². The Kier molecular flexibility index (Phi) is 7.67. The molecule has 2 aromatic carbocycles. The van der Waals surface area contributed by atoms with Gasteiger partial charge in [0.05, 0.1) is 0 Å². The number of hydrogen-bond donors (Lipinski definition) is 2. The Morgan fingerprint density at radius 3 is 2.38 bits per heavy atom. The smallest absolute Gasteiger partial charge is 0.267 e. The summed E-state index contributed by atoms with van der Waals surface area (Å²) in [6, 6.07) is 16.5. The largest absolute Gasteiger partial charge is 0.292 e. The van der Waals surface area contributed by atoms with Crippen molar-refractivity contribution in [2.45, 2.75) is 0 Å². The van der Waals surface area contributed by atoms with E-state index in [9.17, 15) is 9.59 Å². The molecule has 132 valence electrons. The minimum atomic E-state index is -0.617.